The summed E-state index contributed by atoms with van der Waals surface area (Å²) in [6, 6.07) is 14.9. The summed E-state index contributed by atoms with van der Waals surface area (Å²) < 4.78 is 27.1. The molecule has 1 aliphatic rings. The molecule has 1 heterocycles. The Morgan fingerprint density at radius 1 is 1.09 bits per heavy atom. The van der Waals surface area contributed by atoms with Crippen molar-refractivity contribution in [2.75, 3.05) is 20.3 Å². The number of carbonyl (C=O) groups is 1. The van der Waals surface area contributed by atoms with Gasteiger partial charge >= 0.3 is 5.97 Å². The molecule has 1 saturated carbocycles. The third kappa shape index (κ3) is 5.65. The molecule has 34 heavy (non-hydrogen) atoms. The van der Waals surface area contributed by atoms with E-state index in [0.717, 1.165) is 60.3 Å². The lowest BCUT2D eigenvalue weighted by Gasteiger charge is -2.28. The van der Waals surface area contributed by atoms with Crippen LogP contribution in [0, 0.1) is 24.6 Å². The van der Waals surface area contributed by atoms with E-state index in [-0.39, 0.29) is 12.4 Å². The Labute approximate surface area is 199 Å². The van der Waals surface area contributed by atoms with Crippen molar-refractivity contribution in [2.45, 2.75) is 39.2 Å². The van der Waals surface area contributed by atoms with E-state index in [1.165, 1.54) is 19.2 Å². The van der Waals surface area contributed by atoms with Crippen LogP contribution in [0.15, 0.2) is 48.5 Å². The maximum Gasteiger partial charge on any atom is 0.329 e. The summed E-state index contributed by atoms with van der Waals surface area (Å²) >= 11 is 0. The second-order valence-corrected chi connectivity index (χ2v) is 9.03. The van der Waals surface area contributed by atoms with E-state index >= 15 is 0 Å². The van der Waals surface area contributed by atoms with E-state index in [4.69, 9.17) is 19.7 Å². The lowest BCUT2D eigenvalue weighted by atomic mass is 9.82. The van der Waals surface area contributed by atoms with Gasteiger partial charge in [0.1, 0.15) is 18.2 Å². The zero-order valence-corrected chi connectivity index (χ0v) is 19.7. The third-order valence-corrected chi connectivity index (χ3v) is 6.55. The Morgan fingerprint density at radius 3 is 2.47 bits per heavy atom. The SMILES string of the molecule is COc1cc(F)cc(-c2c(C)nn(C[C@H]3CC[C@@H](COCC(=O)O)CC3)c2-c2ccccc2)c1. The molecule has 0 atom stereocenters. The van der Waals surface area contributed by atoms with Gasteiger partial charge < -0.3 is 14.6 Å². The highest BCUT2D eigenvalue weighted by molar-refractivity contribution is 5.83. The van der Waals surface area contributed by atoms with Gasteiger partial charge in [0.25, 0.3) is 0 Å². The number of hydrogen-bond acceptors (Lipinski definition) is 4. The second-order valence-electron chi connectivity index (χ2n) is 9.03. The minimum Gasteiger partial charge on any atom is -0.497 e. The summed E-state index contributed by atoms with van der Waals surface area (Å²) in [5.41, 5.74) is 4.54. The van der Waals surface area contributed by atoms with Crippen molar-refractivity contribution in [3.8, 4) is 28.1 Å². The summed E-state index contributed by atoms with van der Waals surface area (Å²) in [6.45, 7) is 3.01. The highest BCUT2D eigenvalue weighted by Crippen LogP contribution is 2.38. The number of ether oxygens (including phenoxy) is 2. The molecule has 0 unspecified atom stereocenters. The van der Waals surface area contributed by atoms with Gasteiger partial charge in [-0.15, -0.1) is 0 Å². The molecule has 0 spiro atoms. The van der Waals surface area contributed by atoms with Crippen LogP contribution in [0.1, 0.15) is 31.4 Å². The van der Waals surface area contributed by atoms with Gasteiger partial charge in [0.2, 0.25) is 0 Å². The predicted octanol–water partition coefficient (Wildman–Crippen LogP) is 5.58. The third-order valence-electron chi connectivity index (χ3n) is 6.55. The summed E-state index contributed by atoms with van der Waals surface area (Å²) in [4.78, 5) is 10.7. The number of aliphatic carboxylic acids is 1. The lowest BCUT2D eigenvalue weighted by molar-refractivity contribution is -0.142. The Morgan fingerprint density at radius 2 is 1.79 bits per heavy atom. The van der Waals surface area contributed by atoms with Crippen molar-refractivity contribution in [1.82, 2.24) is 9.78 Å². The van der Waals surface area contributed by atoms with E-state index in [1.54, 1.807) is 0 Å². The zero-order chi connectivity index (χ0) is 24.1. The van der Waals surface area contributed by atoms with Crippen LogP contribution in [0.5, 0.6) is 5.75 Å². The molecule has 0 saturated heterocycles. The van der Waals surface area contributed by atoms with Crippen molar-refractivity contribution >= 4 is 5.97 Å². The standard InChI is InChI=1S/C27H31FN2O4/c1-18-26(22-12-23(28)14-24(13-22)33-2)27(21-6-4-3-5-7-21)30(29-18)15-19-8-10-20(11-9-19)16-34-17-25(31)32/h3-7,12-14,19-20H,8-11,15-17H2,1-2H3,(H,31,32)/t19-,20+. The Hall–Kier alpha value is -3.19. The van der Waals surface area contributed by atoms with Gasteiger partial charge in [0.05, 0.1) is 25.1 Å². The number of methoxy groups -OCH3 is 1. The smallest absolute Gasteiger partial charge is 0.329 e. The summed E-state index contributed by atoms with van der Waals surface area (Å²) in [6.07, 6.45) is 4.10. The van der Waals surface area contributed by atoms with Gasteiger partial charge in [-0.3, -0.25) is 4.68 Å². The van der Waals surface area contributed by atoms with Crippen LogP contribution in [-0.4, -0.2) is 41.2 Å². The Bertz CT molecular complexity index is 1120. The van der Waals surface area contributed by atoms with E-state index < -0.39 is 5.97 Å². The fraction of sp³-hybridized carbons (Fsp3) is 0.407. The quantitative estimate of drug-likeness (QED) is 0.446. The molecule has 180 valence electrons. The van der Waals surface area contributed by atoms with E-state index in [2.05, 4.69) is 16.8 Å². The average molecular weight is 467 g/mol. The molecule has 0 radical (unpaired) electrons. The van der Waals surface area contributed by atoms with E-state index in [9.17, 15) is 9.18 Å². The number of nitrogens with zero attached hydrogens (tertiary/aromatic N) is 2. The molecule has 1 N–H and O–H groups in total. The number of carboxylic acids is 1. The van der Waals surface area contributed by atoms with Crippen LogP contribution in [0.4, 0.5) is 4.39 Å². The predicted molar refractivity (Wildman–Crippen MR) is 128 cm³/mol. The van der Waals surface area contributed by atoms with Crippen molar-refractivity contribution in [1.29, 1.82) is 0 Å². The first-order chi connectivity index (χ1) is 16.4. The van der Waals surface area contributed by atoms with Crippen LogP contribution in [0.3, 0.4) is 0 Å². The first kappa shape index (κ1) is 24.0. The average Bonchev–Trinajstić information content (AvgIpc) is 3.15. The van der Waals surface area contributed by atoms with Crippen molar-refractivity contribution in [3.05, 3.63) is 60.0 Å². The van der Waals surface area contributed by atoms with Crippen LogP contribution in [0.25, 0.3) is 22.4 Å². The maximum atomic E-state index is 14.4. The van der Waals surface area contributed by atoms with Crippen molar-refractivity contribution in [3.63, 3.8) is 0 Å². The number of halogens is 1. The molecule has 1 aromatic heterocycles. The molecule has 1 aliphatic carbocycles. The maximum absolute atomic E-state index is 14.4. The van der Waals surface area contributed by atoms with Crippen LogP contribution in [-0.2, 0) is 16.1 Å². The normalized spacial score (nSPS) is 18.1. The fourth-order valence-electron chi connectivity index (χ4n) is 4.91. The van der Waals surface area contributed by atoms with Crippen molar-refractivity contribution < 1.29 is 23.8 Å². The minimum atomic E-state index is -0.928. The zero-order valence-electron chi connectivity index (χ0n) is 19.7. The molecular weight excluding hydrogens is 435 g/mol. The van der Waals surface area contributed by atoms with Gasteiger partial charge in [-0.2, -0.15) is 5.10 Å². The number of carboxylic acid groups (broad SMARTS) is 1. The molecule has 4 rings (SSSR count). The molecule has 6 nitrogen and oxygen atoms in total. The lowest BCUT2D eigenvalue weighted by Crippen LogP contribution is -2.23. The molecule has 0 amide bonds. The Kier molecular flexibility index (Phi) is 7.63. The van der Waals surface area contributed by atoms with Gasteiger partial charge in [-0.25, -0.2) is 9.18 Å². The Balaban J connectivity index is 1.59. The van der Waals surface area contributed by atoms with Crippen LogP contribution < -0.4 is 4.74 Å². The van der Waals surface area contributed by atoms with Crippen LogP contribution in [0.2, 0.25) is 0 Å². The van der Waals surface area contributed by atoms with E-state index in [0.29, 0.717) is 24.2 Å². The first-order valence-corrected chi connectivity index (χ1v) is 11.7. The number of aryl methyl sites for hydroxylation is 1. The molecular formula is C27H31FN2O4. The highest BCUT2D eigenvalue weighted by atomic mass is 19.1. The molecule has 2 aromatic carbocycles. The van der Waals surface area contributed by atoms with Crippen LogP contribution >= 0.6 is 0 Å². The topological polar surface area (TPSA) is 73.6 Å². The second kappa shape index (κ2) is 10.8. The summed E-state index contributed by atoms with van der Waals surface area (Å²) in [5.74, 6) is 0.0719. The summed E-state index contributed by atoms with van der Waals surface area (Å²) in [5, 5.41) is 13.7. The molecule has 0 bridgehead atoms. The molecule has 7 heteroatoms. The number of benzene rings is 2. The molecule has 0 aliphatic heterocycles. The van der Waals surface area contributed by atoms with Gasteiger partial charge in [0, 0.05) is 23.7 Å². The molecule has 3 aromatic rings. The van der Waals surface area contributed by atoms with Crippen molar-refractivity contribution in [2.24, 2.45) is 11.8 Å². The summed E-state index contributed by atoms with van der Waals surface area (Å²) in [7, 11) is 1.54. The first-order valence-electron chi connectivity index (χ1n) is 11.7. The van der Waals surface area contributed by atoms with E-state index in [1.807, 2.05) is 31.2 Å². The monoisotopic (exact) mass is 466 g/mol. The highest BCUT2D eigenvalue weighted by Gasteiger charge is 2.25. The number of aromatic nitrogens is 2. The van der Waals surface area contributed by atoms with Gasteiger partial charge in [-0.05, 0) is 62.1 Å². The van der Waals surface area contributed by atoms with Gasteiger partial charge in [0.15, 0.2) is 0 Å². The number of hydrogen-bond donors (Lipinski definition) is 1. The fourth-order valence-corrected chi connectivity index (χ4v) is 4.91. The molecule has 1 fully saturated rings. The minimum absolute atomic E-state index is 0.236. The number of rotatable bonds is 9. The largest absolute Gasteiger partial charge is 0.497 e. The van der Waals surface area contributed by atoms with Gasteiger partial charge in [-0.1, -0.05) is 30.3 Å².